The second-order valence-corrected chi connectivity index (χ2v) is 8.40. The smallest absolute Gasteiger partial charge is 0.314 e. The number of esters is 1. The van der Waals surface area contributed by atoms with Crippen LogP contribution >= 0.6 is 0 Å². The van der Waals surface area contributed by atoms with Gasteiger partial charge in [0.15, 0.2) is 0 Å². The number of allylic oxidation sites excluding steroid dienone is 1. The van der Waals surface area contributed by atoms with Crippen molar-refractivity contribution in [3.63, 3.8) is 0 Å². The summed E-state index contributed by atoms with van der Waals surface area (Å²) < 4.78 is 31.1. The van der Waals surface area contributed by atoms with Crippen LogP contribution in [0.25, 0.3) is 5.76 Å². The fourth-order valence-electron chi connectivity index (χ4n) is 3.51. The van der Waals surface area contributed by atoms with Crippen molar-refractivity contribution >= 4 is 28.7 Å². The molecule has 0 N–H and O–H groups in total. The molecular weight excluding hydrogens is 405 g/mol. The Kier molecular flexibility index (Phi) is 7.15. The van der Waals surface area contributed by atoms with Crippen LogP contribution in [0.1, 0.15) is 42.9 Å². The first-order valence-corrected chi connectivity index (χ1v) is 11.2. The lowest BCUT2D eigenvalue weighted by Gasteiger charge is -2.14. The van der Waals surface area contributed by atoms with Crippen molar-refractivity contribution < 1.29 is 23.0 Å². The van der Waals surface area contributed by atoms with E-state index in [1.54, 1.807) is 19.2 Å². The maximum atomic E-state index is 13.9. The quantitative estimate of drug-likeness (QED) is 0.266. The Balaban J connectivity index is 1.83. The van der Waals surface area contributed by atoms with Crippen molar-refractivity contribution in [2.75, 3.05) is 12.9 Å². The Morgan fingerprint density at radius 1 is 1.23 bits per heavy atom. The van der Waals surface area contributed by atoms with Crippen molar-refractivity contribution in [2.45, 2.75) is 37.5 Å². The van der Waals surface area contributed by atoms with E-state index in [0.717, 1.165) is 21.6 Å². The van der Waals surface area contributed by atoms with Crippen LogP contribution in [-0.2, 0) is 31.6 Å². The fraction of sp³-hybridized carbons (Fsp3) is 0.304. The summed E-state index contributed by atoms with van der Waals surface area (Å²) in [5.74, 6) is -0.473. The van der Waals surface area contributed by atoms with E-state index in [9.17, 15) is 13.4 Å². The predicted molar refractivity (Wildman–Crippen MR) is 115 cm³/mol. The molecule has 0 amide bonds. The average molecular weight is 430 g/mol. The maximum absolute atomic E-state index is 13.9. The van der Waals surface area contributed by atoms with E-state index in [4.69, 9.17) is 9.57 Å². The molecule has 2 aromatic rings. The van der Waals surface area contributed by atoms with Gasteiger partial charge in [-0.2, -0.15) is 0 Å². The highest BCUT2D eigenvalue weighted by Crippen LogP contribution is 2.44. The van der Waals surface area contributed by atoms with Crippen molar-refractivity contribution in [1.82, 2.24) is 0 Å². The first-order chi connectivity index (χ1) is 14.4. The van der Waals surface area contributed by atoms with E-state index >= 15 is 0 Å². The first-order valence-electron chi connectivity index (χ1n) is 9.64. The lowest BCUT2D eigenvalue weighted by Crippen LogP contribution is -2.07. The van der Waals surface area contributed by atoms with Crippen LogP contribution in [-0.4, -0.2) is 29.3 Å². The van der Waals surface area contributed by atoms with Crippen LogP contribution in [0.3, 0.4) is 0 Å². The number of fused-ring (bicyclic) bond motifs is 1. The molecule has 5 nitrogen and oxygen atoms in total. The lowest BCUT2D eigenvalue weighted by molar-refractivity contribution is -0.137. The molecule has 7 heteroatoms. The average Bonchev–Trinajstić information content (AvgIpc) is 2.97. The number of nitrogens with zero attached hydrogens (tertiary/aromatic N) is 1. The fourth-order valence-corrected chi connectivity index (χ4v) is 4.02. The van der Waals surface area contributed by atoms with Crippen LogP contribution in [0.5, 0.6) is 0 Å². The second-order valence-electron chi connectivity index (χ2n) is 7.02. The Morgan fingerprint density at radius 2 is 1.97 bits per heavy atom. The zero-order chi connectivity index (χ0) is 21.7. The third-order valence-corrected chi connectivity index (χ3v) is 5.94. The molecular formula is C23H24FNO4S. The van der Waals surface area contributed by atoms with Gasteiger partial charge in [-0.3, -0.25) is 9.00 Å². The third kappa shape index (κ3) is 5.02. The molecule has 0 bridgehead atoms. The van der Waals surface area contributed by atoms with Crippen molar-refractivity contribution in [1.29, 1.82) is 0 Å². The van der Waals surface area contributed by atoms with Crippen LogP contribution in [0.2, 0.25) is 0 Å². The van der Waals surface area contributed by atoms with Crippen LogP contribution in [0.4, 0.5) is 4.39 Å². The van der Waals surface area contributed by atoms with E-state index in [1.807, 2.05) is 31.2 Å². The summed E-state index contributed by atoms with van der Waals surface area (Å²) in [6.07, 6.45) is 3.84. The maximum Gasteiger partial charge on any atom is 0.314 e. The van der Waals surface area contributed by atoms with Gasteiger partial charge in [0.05, 0.1) is 6.42 Å². The van der Waals surface area contributed by atoms with E-state index in [2.05, 4.69) is 5.16 Å². The van der Waals surface area contributed by atoms with Gasteiger partial charge in [0.25, 0.3) is 0 Å². The van der Waals surface area contributed by atoms with Crippen molar-refractivity contribution in [3.05, 3.63) is 70.5 Å². The predicted octanol–water partition coefficient (Wildman–Crippen LogP) is 4.59. The highest BCUT2D eigenvalue weighted by atomic mass is 32.2. The molecule has 2 aromatic carbocycles. The SMILES string of the molecule is CC=NOCCC(=O)OC1=C(C)C(Cc2ccc(S(C)=O)cc2)c2ccc(F)cc21. The van der Waals surface area contributed by atoms with Gasteiger partial charge in [0.1, 0.15) is 18.2 Å². The molecule has 1 aliphatic rings. The zero-order valence-corrected chi connectivity index (χ0v) is 18.0. The topological polar surface area (TPSA) is 65.0 Å². The Morgan fingerprint density at radius 3 is 2.63 bits per heavy atom. The third-order valence-electron chi connectivity index (χ3n) is 5.00. The monoisotopic (exact) mass is 429 g/mol. The van der Waals surface area contributed by atoms with Gasteiger partial charge >= 0.3 is 5.97 Å². The molecule has 2 atom stereocenters. The van der Waals surface area contributed by atoms with E-state index in [1.165, 1.54) is 18.3 Å². The number of benzene rings is 2. The number of hydrogen-bond acceptors (Lipinski definition) is 5. The zero-order valence-electron chi connectivity index (χ0n) is 17.2. The summed E-state index contributed by atoms with van der Waals surface area (Å²) in [7, 11) is -1.03. The number of carbonyl (C=O) groups is 1. The van der Waals surface area contributed by atoms with Crippen LogP contribution < -0.4 is 0 Å². The standard InChI is InChI=1S/C23H24FNO4S/c1-4-25-28-12-11-22(26)29-23-15(2)20(19-10-7-17(24)14-21(19)23)13-16-5-8-18(9-6-16)30(3)27/h4-10,14,20H,11-13H2,1-3H3. The minimum Gasteiger partial charge on any atom is -0.426 e. The molecule has 0 fully saturated rings. The number of ether oxygens (including phenoxy) is 1. The summed E-state index contributed by atoms with van der Waals surface area (Å²) >= 11 is 0. The number of halogens is 1. The highest BCUT2D eigenvalue weighted by Gasteiger charge is 2.31. The molecule has 0 aliphatic heterocycles. The molecule has 2 unspecified atom stereocenters. The van der Waals surface area contributed by atoms with Crippen molar-refractivity contribution in [2.24, 2.45) is 5.16 Å². The summed E-state index contributed by atoms with van der Waals surface area (Å²) in [6.45, 7) is 3.73. The van der Waals surface area contributed by atoms with Gasteiger partial charge in [-0.05, 0) is 61.2 Å². The second kappa shape index (κ2) is 9.80. The number of carbonyl (C=O) groups excluding carboxylic acids is 1. The molecule has 0 saturated carbocycles. The summed E-state index contributed by atoms with van der Waals surface area (Å²) in [4.78, 5) is 18.0. The summed E-state index contributed by atoms with van der Waals surface area (Å²) in [5.41, 5.74) is 3.46. The molecule has 30 heavy (non-hydrogen) atoms. The number of oxime groups is 1. The molecule has 0 saturated heterocycles. The number of hydrogen-bond donors (Lipinski definition) is 0. The van der Waals surface area contributed by atoms with Gasteiger partial charge in [0, 0.05) is 39.6 Å². The normalized spacial score (nSPS) is 16.6. The van der Waals surface area contributed by atoms with Crippen LogP contribution in [0.15, 0.2) is 58.1 Å². The number of rotatable bonds is 8. The highest BCUT2D eigenvalue weighted by molar-refractivity contribution is 7.84. The molecule has 0 heterocycles. The summed E-state index contributed by atoms with van der Waals surface area (Å²) in [6, 6.07) is 12.2. The first kappa shape index (κ1) is 21.9. The molecule has 0 spiro atoms. The minimum absolute atomic E-state index is 0.0395. The molecule has 158 valence electrons. The van der Waals surface area contributed by atoms with Crippen LogP contribution in [0, 0.1) is 5.82 Å². The van der Waals surface area contributed by atoms with E-state index in [-0.39, 0.29) is 24.8 Å². The van der Waals surface area contributed by atoms with Gasteiger partial charge in [-0.15, -0.1) is 0 Å². The largest absolute Gasteiger partial charge is 0.426 e. The molecule has 0 radical (unpaired) electrons. The molecule has 0 aromatic heterocycles. The molecule has 1 aliphatic carbocycles. The van der Waals surface area contributed by atoms with Crippen molar-refractivity contribution in [3.8, 4) is 0 Å². The lowest BCUT2D eigenvalue weighted by atomic mass is 9.90. The molecule has 3 rings (SSSR count). The van der Waals surface area contributed by atoms with Gasteiger partial charge < -0.3 is 9.57 Å². The Hall–Kier alpha value is -2.80. The van der Waals surface area contributed by atoms with Gasteiger partial charge in [-0.1, -0.05) is 23.4 Å². The van der Waals surface area contributed by atoms with Gasteiger partial charge in [-0.25, -0.2) is 4.39 Å². The van der Waals surface area contributed by atoms with Gasteiger partial charge in [0.2, 0.25) is 0 Å². The Labute approximate surface area is 178 Å². The van der Waals surface area contributed by atoms with E-state index in [0.29, 0.717) is 17.7 Å². The Bertz CT molecular complexity index is 1010. The van der Waals surface area contributed by atoms with E-state index < -0.39 is 16.8 Å². The summed E-state index contributed by atoms with van der Waals surface area (Å²) in [5, 5.41) is 3.60. The minimum atomic E-state index is -1.03.